The third-order valence-electron chi connectivity index (χ3n) is 6.51. The van der Waals surface area contributed by atoms with Gasteiger partial charge in [-0.05, 0) is 36.5 Å². The molecular formula is C26H32N2O3. The Hall–Kier alpha value is -2.95. The van der Waals surface area contributed by atoms with E-state index in [-0.39, 0.29) is 11.8 Å². The van der Waals surface area contributed by atoms with Crippen LogP contribution in [0.5, 0.6) is 11.5 Å². The molecule has 1 fully saturated rings. The summed E-state index contributed by atoms with van der Waals surface area (Å²) in [6.07, 6.45) is 8.80. The fourth-order valence-electron chi connectivity index (χ4n) is 4.90. The lowest BCUT2D eigenvalue weighted by Gasteiger charge is -2.24. The third-order valence-corrected chi connectivity index (χ3v) is 6.51. The molecule has 164 valence electrons. The number of ether oxygens (including phenoxy) is 2. The molecule has 1 heterocycles. The van der Waals surface area contributed by atoms with Crippen LogP contribution in [0, 0.1) is 5.92 Å². The van der Waals surface area contributed by atoms with Crippen molar-refractivity contribution in [1.82, 2.24) is 10.3 Å². The molecule has 0 aliphatic heterocycles. The largest absolute Gasteiger partial charge is 0.493 e. The molecule has 1 aliphatic rings. The summed E-state index contributed by atoms with van der Waals surface area (Å²) in [5.74, 6) is 2.00. The number of hydrogen-bond acceptors (Lipinski definition) is 3. The predicted molar refractivity (Wildman–Crippen MR) is 124 cm³/mol. The van der Waals surface area contributed by atoms with E-state index < -0.39 is 0 Å². The zero-order valence-electron chi connectivity index (χ0n) is 18.4. The minimum atomic E-state index is -0.0588. The number of methoxy groups -OCH3 is 2. The van der Waals surface area contributed by atoms with E-state index >= 15 is 0 Å². The molecule has 1 unspecified atom stereocenters. The SMILES string of the molecule is COc1cccc(C(CNC(=O)CC2CCCCC2)c2c[nH]c3ccccc23)c1OC. The Kier molecular flexibility index (Phi) is 6.80. The number of carbonyl (C=O) groups excluding carboxylic acids is 1. The Bertz CT molecular complexity index is 1020. The van der Waals surface area contributed by atoms with E-state index in [9.17, 15) is 4.79 Å². The van der Waals surface area contributed by atoms with E-state index in [2.05, 4.69) is 28.5 Å². The first kappa shape index (κ1) is 21.3. The van der Waals surface area contributed by atoms with E-state index in [1.165, 1.54) is 32.1 Å². The lowest BCUT2D eigenvalue weighted by Crippen LogP contribution is -2.30. The van der Waals surface area contributed by atoms with Gasteiger partial charge in [-0.3, -0.25) is 4.79 Å². The van der Waals surface area contributed by atoms with E-state index in [1.807, 2.05) is 30.5 Å². The standard InChI is InChI=1S/C26H32N2O3/c1-30-24-14-8-12-20(26(24)31-2)22(21-16-27-23-13-7-6-11-19(21)23)17-28-25(29)15-18-9-4-3-5-10-18/h6-8,11-14,16,18,22,27H,3-5,9-10,15,17H2,1-2H3,(H,28,29). The topological polar surface area (TPSA) is 63.3 Å². The summed E-state index contributed by atoms with van der Waals surface area (Å²) in [6, 6.07) is 14.2. The van der Waals surface area contributed by atoms with E-state index in [0.29, 0.717) is 30.4 Å². The average molecular weight is 421 g/mol. The smallest absolute Gasteiger partial charge is 0.220 e. The molecule has 5 heteroatoms. The Labute approximate surface area is 184 Å². The molecule has 4 rings (SSSR count). The molecule has 2 aromatic carbocycles. The lowest BCUT2D eigenvalue weighted by molar-refractivity contribution is -0.122. The molecule has 0 radical (unpaired) electrons. The highest BCUT2D eigenvalue weighted by Gasteiger charge is 2.25. The van der Waals surface area contributed by atoms with Crippen molar-refractivity contribution in [2.45, 2.75) is 44.4 Å². The molecule has 1 atom stereocenters. The van der Waals surface area contributed by atoms with Crippen molar-refractivity contribution in [3.05, 3.63) is 59.8 Å². The molecule has 1 aliphatic carbocycles. The van der Waals surface area contributed by atoms with Crippen molar-refractivity contribution in [3.8, 4) is 11.5 Å². The van der Waals surface area contributed by atoms with Gasteiger partial charge in [0.1, 0.15) is 0 Å². The molecular weight excluding hydrogens is 388 g/mol. The van der Waals surface area contributed by atoms with Gasteiger partial charge in [0.25, 0.3) is 0 Å². The maximum atomic E-state index is 12.8. The molecule has 1 amide bonds. The van der Waals surface area contributed by atoms with Crippen molar-refractivity contribution in [3.63, 3.8) is 0 Å². The number of fused-ring (bicyclic) bond motifs is 1. The first-order valence-corrected chi connectivity index (χ1v) is 11.2. The van der Waals surface area contributed by atoms with E-state index in [1.54, 1.807) is 14.2 Å². The van der Waals surface area contributed by atoms with Crippen LogP contribution < -0.4 is 14.8 Å². The van der Waals surface area contributed by atoms with Gasteiger partial charge in [-0.15, -0.1) is 0 Å². The molecule has 1 aromatic heterocycles. The fourth-order valence-corrected chi connectivity index (χ4v) is 4.90. The van der Waals surface area contributed by atoms with Crippen LogP contribution in [-0.4, -0.2) is 31.7 Å². The van der Waals surface area contributed by atoms with Crippen LogP contribution >= 0.6 is 0 Å². The fraction of sp³-hybridized carbons (Fsp3) is 0.423. The highest BCUT2D eigenvalue weighted by molar-refractivity contribution is 5.84. The highest BCUT2D eigenvalue weighted by atomic mass is 16.5. The highest BCUT2D eigenvalue weighted by Crippen LogP contribution is 2.40. The summed E-state index contributed by atoms with van der Waals surface area (Å²) in [4.78, 5) is 16.2. The van der Waals surface area contributed by atoms with Gasteiger partial charge in [0.2, 0.25) is 5.91 Å². The number of amides is 1. The number of H-pyrrole nitrogens is 1. The van der Waals surface area contributed by atoms with Gasteiger partial charge in [0.15, 0.2) is 11.5 Å². The normalized spacial score (nSPS) is 15.5. The van der Waals surface area contributed by atoms with Gasteiger partial charge in [-0.1, -0.05) is 49.6 Å². The van der Waals surface area contributed by atoms with Crippen molar-refractivity contribution >= 4 is 16.8 Å². The van der Waals surface area contributed by atoms with Gasteiger partial charge < -0.3 is 19.8 Å². The Morgan fingerprint density at radius 2 is 1.84 bits per heavy atom. The molecule has 5 nitrogen and oxygen atoms in total. The van der Waals surface area contributed by atoms with Gasteiger partial charge in [-0.2, -0.15) is 0 Å². The summed E-state index contributed by atoms with van der Waals surface area (Å²) in [5, 5.41) is 4.37. The third kappa shape index (κ3) is 4.71. The first-order chi connectivity index (χ1) is 15.2. The van der Waals surface area contributed by atoms with Crippen molar-refractivity contribution in [2.24, 2.45) is 5.92 Å². The second kappa shape index (κ2) is 9.90. The maximum absolute atomic E-state index is 12.8. The van der Waals surface area contributed by atoms with Gasteiger partial charge in [-0.25, -0.2) is 0 Å². The predicted octanol–water partition coefficient (Wildman–Crippen LogP) is 5.40. The number of carbonyl (C=O) groups is 1. The molecule has 0 spiro atoms. The van der Waals surface area contributed by atoms with Crippen LogP contribution in [0.3, 0.4) is 0 Å². The second-order valence-corrected chi connectivity index (χ2v) is 8.44. The molecule has 2 N–H and O–H groups in total. The van der Waals surface area contributed by atoms with Crippen molar-refractivity contribution < 1.29 is 14.3 Å². The summed E-state index contributed by atoms with van der Waals surface area (Å²) in [7, 11) is 3.31. The summed E-state index contributed by atoms with van der Waals surface area (Å²) < 4.78 is 11.3. The van der Waals surface area contributed by atoms with Crippen LogP contribution in [0.25, 0.3) is 10.9 Å². The number of benzene rings is 2. The zero-order valence-corrected chi connectivity index (χ0v) is 18.4. The average Bonchev–Trinajstić information content (AvgIpc) is 3.23. The van der Waals surface area contributed by atoms with E-state index in [0.717, 1.165) is 22.0 Å². The van der Waals surface area contributed by atoms with Crippen LogP contribution in [-0.2, 0) is 4.79 Å². The monoisotopic (exact) mass is 420 g/mol. The second-order valence-electron chi connectivity index (χ2n) is 8.44. The van der Waals surface area contributed by atoms with Crippen LogP contribution in [0.1, 0.15) is 55.6 Å². The zero-order chi connectivity index (χ0) is 21.6. The quantitative estimate of drug-likeness (QED) is 0.513. The Balaban J connectivity index is 1.63. The number of nitrogens with one attached hydrogen (secondary N) is 2. The Morgan fingerprint density at radius 1 is 1.03 bits per heavy atom. The summed E-state index contributed by atoms with van der Waals surface area (Å²) >= 11 is 0. The Morgan fingerprint density at radius 3 is 2.61 bits per heavy atom. The first-order valence-electron chi connectivity index (χ1n) is 11.2. The van der Waals surface area contributed by atoms with Crippen LogP contribution in [0.4, 0.5) is 0 Å². The van der Waals surface area contributed by atoms with Crippen molar-refractivity contribution in [1.29, 1.82) is 0 Å². The minimum absolute atomic E-state index is 0.0588. The minimum Gasteiger partial charge on any atom is -0.493 e. The lowest BCUT2D eigenvalue weighted by atomic mass is 9.86. The summed E-state index contributed by atoms with van der Waals surface area (Å²) in [5.41, 5.74) is 3.22. The molecule has 31 heavy (non-hydrogen) atoms. The molecule has 3 aromatic rings. The van der Waals surface area contributed by atoms with Crippen LogP contribution in [0.2, 0.25) is 0 Å². The molecule has 1 saturated carbocycles. The number of aromatic nitrogens is 1. The number of para-hydroxylation sites is 2. The number of rotatable bonds is 8. The molecule has 0 bridgehead atoms. The number of hydrogen-bond donors (Lipinski definition) is 2. The van der Waals surface area contributed by atoms with Crippen LogP contribution in [0.15, 0.2) is 48.7 Å². The summed E-state index contributed by atoms with van der Waals surface area (Å²) in [6.45, 7) is 0.511. The number of aromatic amines is 1. The van der Waals surface area contributed by atoms with Gasteiger partial charge in [0.05, 0.1) is 14.2 Å². The molecule has 0 saturated heterocycles. The maximum Gasteiger partial charge on any atom is 0.220 e. The van der Waals surface area contributed by atoms with Gasteiger partial charge >= 0.3 is 0 Å². The van der Waals surface area contributed by atoms with E-state index in [4.69, 9.17) is 9.47 Å². The van der Waals surface area contributed by atoms with Gasteiger partial charge in [0, 0.05) is 41.5 Å². The van der Waals surface area contributed by atoms with Crippen molar-refractivity contribution in [2.75, 3.05) is 20.8 Å².